The molecule has 2 aromatic rings. The highest BCUT2D eigenvalue weighted by atomic mass is 16.5. The molecule has 4 amide bonds. The molecule has 29 heavy (non-hydrogen) atoms. The first-order valence-electron chi connectivity index (χ1n) is 8.77. The zero-order valence-electron chi connectivity index (χ0n) is 16.2. The van der Waals surface area contributed by atoms with E-state index in [2.05, 4.69) is 10.6 Å². The number of carbonyl (C=O) groups is 3. The lowest BCUT2D eigenvalue weighted by Crippen LogP contribution is -2.58. The summed E-state index contributed by atoms with van der Waals surface area (Å²) in [7, 11) is 4.41. The van der Waals surface area contributed by atoms with Gasteiger partial charge in [0.2, 0.25) is 11.8 Å². The minimum absolute atomic E-state index is 0.109. The molecular formula is C20H21N3O6. The first-order chi connectivity index (χ1) is 14.0. The zero-order chi connectivity index (χ0) is 21.0. The molecule has 9 nitrogen and oxygen atoms in total. The fourth-order valence-corrected chi connectivity index (χ4v) is 2.99. The molecule has 0 spiro atoms. The molecule has 0 radical (unpaired) electrons. The van der Waals surface area contributed by atoms with E-state index in [1.807, 2.05) is 0 Å². The fraction of sp³-hybridized carbons (Fsp3) is 0.250. The summed E-state index contributed by atoms with van der Waals surface area (Å²) in [6, 6.07) is 10.8. The number of carbonyl (C=O) groups excluding carboxylic acids is 3. The van der Waals surface area contributed by atoms with E-state index >= 15 is 0 Å². The summed E-state index contributed by atoms with van der Waals surface area (Å²) in [6.07, 6.45) is 0. The molecule has 1 saturated heterocycles. The van der Waals surface area contributed by atoms with Crippen LogP contribution in [0, 0.1) is 5.92 Å². The van der Waals surface area contributed by atoms with Gasteiger partial charge in [-0.2, -0.15) is 0 Å². The highest BCUT2D eigenvalue weighted by Gasteiger charge is 2.40. The summed E-state index contributed by atoms with van der Waals surface area (Å²) in [4.78, 5) is 39.0. The lowest BCUT2D eigenvalue weighted by Gasteiger charge is -2.31. The quantitative estimate of drug-likeness (QED) is 0.720. The van der Waals surface area contributed by atoms with Gasteiger partial charge in [0.15, 0.2) is 11.5 Å². The third kappa shape index (κ3) is 3.93. The highest BCUT2D eigenvalue weighted by Crippen LogP contribution is 2.33. The molecule has 1 atom stereocenters. The summed E-state index contributed by atoms with van der Waals surface area (Å²) in [5.74, 6) is -1.04. The summed E-state index contributed by atoms with van der Waals surface area (Å²) >= 11 is 0. The maximum atomic E-state index is 13.0. The maximum Gasteiger partial charge on any atom is 0.328 e. The summed E-state index contributed by atoms with van der Waals surface area (Å²) in [5.41, 5.74) is 0.697. The van der Waals surface area contributed by atoms with Crippen molar-refractivity contribution < 1.29 is 28.6 Å². The monoisotopic (exact) mass is 399 g/mol. The van der Waals surface area contributed by atoms with Crippen molar-refractivity contribution in [2.45, 2.75) is 0 Å². The van der Waals surface area contributed by atoms with Crippen LogP contribution in [0.1, 0.15) is 0 Å². The van der Waals surface area contributed by atoms with Gasteiger partial charge >= 0.3 is 6.03 Å². The molecule has 2 N–H and O–H groups in total. The number of hydrogen-bond donors (Lipinski definition) is 2. The second kappa shape index (κ2) is 8.51. The number of urea groups is 1. The van der Waals surface area contributed by atoms with E-state index in [4.69, 9.17) is 14.2 Å². The Morgan fingerprint density at radius 3 is 2.38 bits per heavy atom. The van der Waals surface area contributed by atoms with Crippen LogP contribution in [-0.2, 0) is 9.59 Å². The molecule has 1 aliphatic rings. The number of hydrogen-bond acceptors (Lipinski definition) is 6. The van der Waals surface area contributed by atoms with Gasteiger partial charge in [0.1, 0.15) is 11.7 Å². The smallest absolute Gasteiger partial charge is 0.328 e. The Bertz CT molecular complexity index is 946. The molecule has 3 rings (SSSR count). The number of rotatable bonds is 6. The van der Waals surface area contributed by atoms with Crippen LogP contribution >= 0.6 is 0 Å². The van der Waals surface area contributed by atoms with E-state index in [1.165, 1.54) is 27.4 Å². The molecule has 1 fully saturated rings. The number of benzene rings is 2. The number of amides is 4. The van der Waals surface area contributed by atoms with E-state index in [1.54, 1.807) is 36.4 Å². The second-order valence-corrected chi connectivity index (χ2v) is 6.14. The van der Waals surface area contributed by atoms with Crippen molar-refractivity contribution in [1.29, 1.82) is 0 Å². The molecular weight excluding hydrogens is 378 g/mol. The molecule has 1 heterocycles. The van der Waals surface area contributed by atoms with Gasteiger partial charge < -0.3 is 24.8 Å². The summed E-state index contributed by atoms with van der Waals surface area (Å²) in [5, 5.41) is 5.26. The van der Waals surface area contributed by atoms with Gasteiger partial charge in [-0.05, 0) is 24.3 Å². The van der Waals surface area contributed by atoms with Crippen LogP contribution in [0.15, 0.2) is 42.5 Å². The lowest BCUT2D eigenvalue weighted by molar-refractivity contribution is -0.130. The first kappa shape index (κ1) is 20.0. The van der Waals surface area contributed by atoms with E-state index in [0.717, 1.165) is 4.90 Å². The van der Waals surface area contributed by atoms with Crippen molar-refractivity contribution in [3.05, 3.63) is 42.5 Å². The molecule has 1 unspecified atom stereocenters. The van der Waals surface area contributed by atoms with Crippen LogP contribution < -0.4 is 29.7 Å². The fourth-order valence-electron chi connectivity index (χ4n) is 2.99. The topological polar surface area (TPSA) is 106 Å². The minimum Gasteiger partial charge on any atom is -0.495 e. The Morgan fingerprint density at radius 1 is 1.00 bits per heavy atom. The van der Waals surface area contributed by atoms with Gasteiger partial charge in [-0.1, -0.05) is 12.1 Å². The molecule has 9 heteroatoms. The Labute approximate surface area is 167 Å². The number of anilines is 2. The number of para-hydroxylation sites is 2. The van der Waals surface area contributed by atoms with Gasteiger partial charge in [0.05, 0.1) is 32.7 Å². The van der Waals surface area contributed by atoms with Crippen molar-refractivity contribution in [3.63, 3.8) is 0 Å². The van der Waals surface area contributed by atoms with Crippen LogP contribution in [0.3, 0.4) is 0 Å². The predicted molar refractivity (Wildman–Crippen MR) is 106 cm³/mol. The van der Waals surface area contributed by atoms with Crippen molar-refractivity contribution in [2.75, 3.05) is 38.1 Å². The van der Waals surface area contributed by atoms with Crippen molar-refractivity contribution in [3.8, 4) is 17.2 Å². The Morgan fingerprint density at radius 2 is 1.69 bits per heavy atom. The molecule has 0 aromatic heterocycles. The zero-order valence-corrected chi connectivity index (χ0v) is 16.2. The first-order valence-corrected chi connectivity index (χ1v) is 8.77. The van der Waals surface area contributed by atoms with Gasteiger partial charge in [-0.15, -0.1) is 0 Å². The third-order valence-electron chi connectivity index (χ3n) is 4.49. The van der Waals surface area contributed by atoms with Crippen LogP contribution in [-0.4, -0.2) is 45.7 Å². The lowest BCUT2D eigenvalue weighted by atomic mass is 10.0. The Hall–Kier alpha value is -3.75. The average molecular weight is 399 g/mol. The molecule has 152 valence electrons. The van der Waals surface area contributed by atoms with Crippen LogP contribution in [0.2, 0.25) is 0 Å². The summed E-state index contributed by atoms with van der Waals surface area (Å²) < 4.78 is 15.6. The van der Waals surface area contributed by atoms with E-state index in [0.29, 0.717) is 22.9 Å². The number of nitrogens with one attached hydrogen (secondary N) is 2. The van der Waals surface area contributed by atoms with Crippen molar-refractivity contribution in [2.24, 2.45) is 5.92 Å². The van der Waals surface area contributed by atoms with Gasteiger partial charge in [-0.25, -0.2) is 9.69 Å². The average Bonchev–Trinajstić information content (AvgIpc) is 2.73. The predicted octanol–water partition coefficient (Wildman–Crippen LogP) is 2.02. The second-order valence-electron chi connectivity index (χ2n) is 6.14. The molecule has 0 bridgehead atoms. The Kier molecular flexibility index (Phi) is 5.87. The molecule has 2 aromatic carbocycles. The van der Waals surface area contributed by atoms with E-state index in [9.17, 15) is 14.4 Å². The summed E-state index contributed by atoms with van der Waals surface area (Å²) in [6.45, 7) is -0.109. The number of ether oxygens (including phenoxy) is 3. The van der Waals surface area contributed by atoms with Crippen molar-refractivity contribution >= 4 is 29.2 Å². The third-order valence-corrected chi connectivity index (χ3v) is 4.49. The van der Waals surface area contributed by atoms with Crippen LogP contribution in [0.25, 0.3) is 0 Å². The normalized spacial score (nSPS) is 16.1. The SMILES string of the molecule is COc1ccccc1NC(=O)C1CNC(=O)N(c2ccc(OC)c(OC)c2)C1=O. The van der Waals surface area contributed by atoms with E-state index < -0.39 is 23.8 Å². The van der Waals surface area contributed by atoms with Crippen molar-refractivity contribution in [1.82, 2.24) is 5.32 Å². The van der Waals surface area contributed by atoms with Crippen LogP contribution in [0.5, 0.6) is 17.2 Å². The number of imide groups is 1. The maximum absolute atomic E-state index is 13.0. The van der Waals surface area contributed by atoms with Gasteiger partial charge in [0, 0.05) is 12.6 Å². The Balaban J connectivity index is 1.85. The van der Waals surface area contributed by atoms with Gasteiger partial charge in [0.25, 0.3) is 0 Å². The largest absolute Gasteiger partial charge is 0.495 e. The number of methoxy groups -OCH3 is 3. The highest BCUT2D eigenvalue weighted by molar-refractivity contribution is 6.23. The molecule has 1 aliphatic heterocycles. The van der Waals surface area contributed by atoms with E-state index in [-0.39, 0.29) is 12.2 Å². The standard InChI is InChI=1S/C20H21N3O6/c1-27-15-7-5-4-6-14(15)22-18(24)13-11-21-20(26)23(19(13)25)12-8-9-16(28-2)17(10-12)29-3/h4-10,13H,11H2,1-3H3,(H,21,26)(H,22,24). The van der Waals surface area contributed by atoms with Crippen LogP contribution in [0.4, 0.5) is 16.2 Å². The number of nitrogens with zero attached hydrogens (tertiary/aromatic N) is 1. The molecule has 0 saturated carbocycles. The minimum atomic E-state index is -1.11. The van der Waals surface area contributed by atoms with Gasteiger partial charge in [-0.3, -0.25) is 9.59 Å². The molecule has 0 aliphatic carbocycles.